The highest BCUT2D eigenvalue weighted by atomic mass is 19.2. The average Bonchev–Trinajstić information content (AvgIpc) is 2.20. The molecule has 1 aromatic rings. The monoisotopic (exact) mass is 197 g/mol. The third-order valence-electron chi connectivity index (χ3n) is 1.58. The summed E-state index contributed by atoms with van der Waals surface area (Å²) in [5.74, 6) is -5.20. The molecule has 0 saturated carbocycles. The van der Waals surface area contributed by atoms with E-state index in [0.717, 1.165) is 0 Å². The molecule has 0 fully saturated rings. The Hall–Kier alpha value is -2.21. The van der Waals surface area contributed by atoms with Crippen LogP contribution in [0.4, 0.5) is 18.9 Å². The van der Waals surface area contributed by atoms with E-state index in [-0.39, 0.29) is 0 Å². The fraction of sp³-hybridized carbons (Fsp3) is 0. The van der Waals surface area contributed by atoms with Crippen molar-refractivity contribution < 1.29 is 13.2 Å². The van der Waals surface area contributed by atoms with E-state index in [4.69, 9.17) is 16.3 Å². The van der Waals surface area contributed by atoms with E-state index in [0.29, 0.717) is 0 Å². The van der Waals surface area contributed by atoms with E-state index in [1.54, 1.807) is 0 Å². The molecular weight excluding hydrogens is 195 g/mol. The third kappa shape index (κ3) is 1.14. The topological polar surface area (TPSA) is 73.6 Å². The first-order chi connectivity index (χ1) is 6.54. The quantitative estimate of drug-likeness (QED) is 0.505. The molecule has 14 heavy (non-hydrogen) atoms. The Morgan fingerprint density at radius 2 is 1.36 bits per heavy atom. The SMILES string of the molecule is N#Cc1c(N)c(F)c(F)c(F)c1C#N. The highest BCUT2D eigenvalue weighted by Gasteiger charge is 2.23. The van der Waals surface area contributed by atoms with Gasteiger partial charge in [0.15, 0.2) is 17.5 Å². The van der Waals surface area contributed by atoms with E-state index >= 15 is 0 Å². The Bertz CT molecular complexity index is 437. The number of nitrogen functional groups attached to an aromatic ring is 1. The van der Waals surface area contributed by atoms with E-state index in [9.17, 15) is 13.2 Å². The maximum absolute atomic E-state index is 12.8. The molecule has 0 bridgehead atoms. The maximum Gasteiger partial charge on any atom is 0.198 e. The van der Waals surface area contributed by atoms with Gasteiger partial charge in [0.2, 0.25) is 0 Å². The molecule has 0 radical (unpaired) electrons. The number of nitrogens with two attached hydrogens (primary N) is 1. The van der Waals surface area contributed by atoms with Crippen LogP contribution in [0.5, 0.6) is 0 Å². The molecule has 0 aliphatic carbocycles. The Morgan fingerprint density at radius 3 is 1.79 bits per heavy atom. The van der Waals surface area contributed by atoms with E-state index in [2.05, 4.69) is 0 Å². The summed E-state index contributed by atoms with van der Waals surface area (Å²) in [6, 6.07) is 2.57. The smallest absolute Gasteiger partial charge is 0.198 e. The van der Waals surface area contributed by atoms with Gasteiger partial charge >= 0.3 is 0 Å². The van der Waals surface area contributed by atoms with Gasteiger partial charge < -0.3 is 5.73 Å². The Kier molecular flexibility index (Phi) is 2.30. The van der Waals surface area contributed by atoms with Crippen LogP contribution in [-0.4, -0.2) is 0 Å². The highest BCUT2D eigenvalue weighted by molar-refractivity contribution is 5.63. The van der Waals surface area contributed by atoms with Gasteiger partial charge in [-0.05, 0) is 0 Å². The largest absolute Gasteiger partial charge is 0.395 e. The predicted molar refractivity (Wildman–Crippen MR) is 40.2 cm³/mol. The molecule has 1 rings (SSSR count). The zero-order valence-electron chi connectivity index (χ0n) is 6.61. The van der Waals surface area contributed by atoms with Gasteiger partial charge in [-0.3, -0.25) is 0 Å². The van der Waals surface area contributed by atoms with Crippen molar-refractivity contribution in [1.29, 1.82) is 10.5 Å². The van der Waals surface area contributed by atoms with Crippen LogP contribution in [0.25, 0.3) is 0 Å². The minimum atomic E-state index is -1.85. The number of nitriles is 2. The molecule has 0 atom stereocenters. The van der Waals surface area contributed by atoms with Crippen molar-refractivity contribution in [3.05, 3.63) is 28.6 Å². The summed E-state index contributed by atoms with van der Waals surface area (Å²) < 4.78 is 38.3. The molecule has 0 saturated heterocycles. The standard InChI is InChI=1S/C8H2F3N3/c9-5-3(1-12)4(2-13)8(14)7(11)6(5)10/h14H2. The second-order valence-electron chi connectivity index (χ2n) is 2.33. The van der Waals surface area contributed by atoms with Crippen molar-refractivity contribution in [2.45, 2.75) is 0 Å². The molecule has 0 aliphatic rings. The zero-order valence-corrected chi connectivity index (χ0v) is 6.61. The van der Waals surface area contributed by atoms with Gasteiger partial charge in [0.05, 0.1) is 11.3 Å². The Labute approximate surface area is 76.8 Å². The predicted octanol–water partition coefficient (Wildman–Crippen LogP) is 1.43. The number of hydrogen-bond donors (Lipinski definition) is 1. The molecule has 3 nitrogen and oxygen atoms in total. The van der Waals surface area contributed by atoms with Crippen LogP contribution >= 0.6 is 0 Å². The van der Waals surface area contributed by atoms with Crippen molar-refractivity contribution in [1.82, 2.24) is 0 Å². The second-order valence-corrected chi connectivity index (χ2v) is 2.33. The van der Waals surface area contributed by atoms with Gasteiger partial charge in [-0.1, -0.05) is 0 Å². The fourth-order valence-corrected chi connectivity index (χ4v) is 0.900. The lowest BCUT2D eigenvalue weighted by molar-refractivity contribution is 0.447. The van der Waals surface area contributed by atoms with Crippen LogP contribution in [0.3, 0.4) is 0 Å². The molecule has 0 aliphatic heterocycles. The third-order valence-corrected chi connectivity index (χ3v) is 1.58. The lowest BCUT2D eigenvalue weighted by atomic mass is 10.1. The summed E-state index contributed by atoms with van der Waals surface area (Å²) in [5.41, 5.74) is 2.55. The molecule has 6 heteroatoms. The lowest BCUT2D eigenvalue weighted by Crippen LogP contribution is -2.05. The van der Waals surface area contributed by atoms with Gasteiger partial charge in [0, 0.05) is 0 Å². The molecule has 70 valence electrons. The summed E-state index contributed by atoms with van der Waals surface area (Å²) in [5, 5.41) is 16.8. The molecule has 0 unspecified atom stereocenters. The number of nitrogens with zero attached hydrogens (tertiary/aromatic N) is 2. The average molecular weight is 197 g/mol. The molecule has 0 heterocycles. The molecule has 0 spiro atoms. The van der Waals surface area contributed by atoms with E-state index in [1.165, 1.54) is 12.1 Å². The highest BCUT2D eigenvalue weighted by Crippen LogP contribution is 2.25. The second kappa shape index (κ2) is 3.27. The van der Waals surface area contributed by atoms with Gasteiger partial charge in [-0.25, -0.2) is 13.2 Å². The van der Waals surface area contributed by atoms with Crippen molar-refractivity contribution in [3.8, 4) is 12.1 Å². The minimum absolute atomic E-state index is 0.691. The summed E-state index contributed by atoms with van der Waals surface area (Å²) in [4.78, 5) is 0. The summed E-state index contributed by atoms with van der Waals surface area (Å²) in [7, 11) is 0. The van der Waals surface area contributed by atoms with Gasteiger partial charge in [-0.2, -0.15) is 10.5 Å². The molecular formula is C8H2F3N3. The number of halogens is 3. The molecule has 2 N–H and O–H groups in total. The van der Waals surface area contributed by atoms with E-state index in [1.807, 2.05) is 0 Å². The zero-order chi connectivity index (χ0) is 10.9. The van der Waals surface area contributed by atoms with Crippen LogP contribution in [0, 0.1) is 40.1 Å². The van der Waals surface area contributed by atoms with Gasteiger partial charge in [0.1, 0.15) is 17.7 Å². The number of rotatable bonds is 0. The first-order valence-corrected chi connectivity index (χ1v) is 3.30. The summed E-state index contributed by atoms with van der Waals surface area (Å²) >= 11 is 0. The van der Waals surface area contributed by atoms with Crippen LogP contribution in [0.15, 0.2) is 0 Å². The first-order valence-electron chi connectivity index (χ1n) is 3.30. The van der Waals surface area contributed by atoms with Crippen molar-refractivity contribution >= 4 is 5.69 Å². The number of hydrogen-bond acceptors (Lipinski definition) is 3. The van der Waals surface area contributed by atoms with Crippen molar-refractivity contribution in [2.75, 3.05) is 5.73 Å². The first kappa shape index (κ1) is 9.87. The van der Waals surface area contributed by atoms with Crippen molar-refractivity contribution in [2.24, 2.45) is 0 Å². The lowest BCUT2D eigenvalue weighted by Gasteiger charge is -2.03. The fourth-order valence-electron chi connectivity index (χ4n) is 0.900. The van der Waals surface area contributed by atoms with Crippen LogP contribution in [0.2, 0.25) is 0 Å². The van der Waals surface area contributed by atoms with Crippen LogP contribution in [-0.2, 0) is 0 Å². The number of anilines is 1. The molecule has 0 amide bonds. The van der Waals surface area contributed by atoms with Crippen LogP contribution < -0.4 is 5.73 Å². The maximum atomic E-state index is 12.8. The molecule has 0 aromatic heterocycles. The normalized spacial score (nSPS) is 9.21. The Balaban J connectivity index is 3.79. The van der Waals surface area contributed by atoms with Crippen molar-refractivity contribution in [3.63, 3.8) is 0 Å². The van der Waals surface area contributed by atoms with Crippen LogP contribution in [0.1, 0.15) is 11.1 Å². The van der Waals surface area contributed by atoms with E-state index < -0.39 is 34.3 Å². The summed E-state index contributed by atoms with van der Waals surface area (Å²) in [6.45, 7) is 0. The van der Waals surface area contributed by atoms with Gasteiger partial charge in [0.25, 0.3) is 0 Å². The van der Waals surface area contributed by atoms with Gasteiger partial charge in [-0.15, -0.1) is 0 Å². The Morgan fingerprint density at radius 1 is 0.857 bits per heavy atom. The minimum Gasteiger partial charge on any atom is -0.395 e. The number of benzene rings is 1. The summed E-state index contributed by atoms with van der Waals surface area (Å²) in [6.07, 6.45) is 0. The molecule has 1 aromatic carbocycles.